The van der Waals surface area contributed by atoms with Gasteiger partial charge in [0.25, 0.3) is 0 Å². The Bertz CT molecular complexity index is 565. The molecule has 0 aliphatic carbocycles. The van der Waals surface area contributed by atoms with Crippen LogP contribution in [0.2, 0.25) is 0 Å². The van der Waals surface area contributed by atoms with E-state index in [4.69, 9.17) is 4.74 Å². The summed E-state index contributed by atoms with van der Waals surface area (Å²) in [5, 5.41) is 12.2. The summed E-state index contributed by atoms with van der Waals surface area (Å²) in [5.41, 5.74) is 1.68. The van der Waals surface area contributed by atoms with Gasteiger partial charge in [-0.25, -0.2) is 4.79 Å². The molecule has 0 spiro atoms. The maximum absolute atomic E-state index is 12.1. The molecule has 1 aromatic carbocycles. The van der Waals surface area contributed by atoms with Crippen LogP contribution in [0.4, 0.5) is 10.5 Å². The molecule has 0 radical (unpaired) electrons. The Morgan fingerprint density at radius 2 is 2.24 bits per heavy atom. The largest absolute Gasteiger partial charge is 0.376 e. The molecule has 3 rings (SSSR count). The Hall–Kier alpha value is -2.34. The van der Waals surface area contributed by atoms with Crippen LogP contribution in [0.15, 0.2) is 42.7 Å². The maximum Gasteiger partial charge on any atom is 0.319 e. The summed E-state index contributed by atoms with van der Waals surface area (Å²) in [4.78, 5) is 12.1. The van der Waals surface area contributed by atoms with Crippen LogP contribution in [-0.4, -0.2) is 28.9 Å². The number of ether oxygens (including phenoxy) is 1. The predicted octanol–water partition coefficient (Wildman–Crippen LogP) is 2.45. The topological polar surface area (TPSA) is 79.0 Å². The van der Waals surface area contributed by atoms with Crippen LogP contribution in [0.5, 0.6) is 0 Å². The molecule has 2 heterocycles. The number of amides is 2. The summed E-state index contributed by atoms with van der Waals surface area (Å²) in [6.07, 6.45) is 5.18. The third kappa shape index (κ3) is 3.41. The number of carbonyl (C=O) groups excluding carboxylic acids is 1. The molecule has 1 fully saturated rings. The van der Waals surface area contributed by atoms with Crippen molar-refractivity contribution in [2.45, 2.75) is 25.0 Å². The zero-order valence-electron chi connectivity index (χ0n) is 11.6. The maximum atomic E-state index is 12.1. The van der Waals surface area contributed by atoms with Gasteiger partial charge in [0.05, 0.1) is 24.0 Å². The average molecular weight is 286 g/mol. The average Bonchev–Trinajstić information content (AvgIpc) is 3.19. The number of anilines is 1. The van der Waals surface area contributed by atoms with Crippen molar-refractivity contribution in [3.8, 4) is 0 Å². The molecule has 1 aromatic heterocycles. The summed E-state index contributed by atoms with van der Waals surface area (Å²) in [5.74, 6) is 0. The van der Waals surface area contributed by atoms with Crippen molar-refractivity contribution in [2.24, 2.45) is 0 Å². The van der Waals surface area contributed by atoms with E-state index in [-0.39, 0.29) is 18.2 Å². The molecule has 1 aliphatic heterocycles. The third-order valence-electron chi connectivity index (χ3n) is 3.54. The highest BCUT2D eigenvalue weighted by atomic mass is 16.5. The second-order valence-electron chi connectivity index (χ2n) is 5.03. The van der Waals surface area contributed by atoms with Gasteiger partial charge in [0.1, 0.15) is 0 Å². The Labute approximate surface area is 122 Å². The number of rotatable bonds is 4. The summed E-state index contributed by atoms with van der Waals surface area (Å²) in [6.45, 7) is 0.749. The van der Waals surface area contributed by atoms with Crippen molar-refractivity contribution < 1.29 is 9.53 Å². The Morgan fingerprint density at radius 1 is 1.38 bits per heavy atom. The lowest BCUT2D eigenvalue weighted by atomic mass is 9.99. The number of hydrogen-bond acceptors (Lipinski definition) is 3. The highest BCUT2D eigenvalue weighted by Crippen LogP contribution is 2.26. The molecule has 2 aromatic rings. The first-order valence-electron chi connectivity index (χ1n) is 7.06. The van der Waals surface area contributed by atoms with Gasteiger partial charge in [-0.3, -0.25) is 5.10 Å². The highest BCUT2D eigenvalue weighted by molar-refractivity contribution is 5.89. The van der Waals surface area contributed by atoms with Crippen molar-refractivity contribution in [2.75, 3.05) is 11.9 Å². The van der Waals surface area contributed by atoms with Crippen LogP contribution < -0.4 is 10.6 Å². The molecule has 0 bridgehead atoms. The number of nitrogens with one attached hydrogen (secondary N) is 3. The van der Waals surface area contributed by atoms with Gasteiger partial charge in [0, 0.05) is 12.8 Å². The Kier molecular flexibility index (Phi) is 4.16. The Morgan fingerprint density at radius 3 is 2.90 bits per heavy atom. The molecule has 1 saturated heterocycles. The molecule has 21 heavy (non-hydrogen) atoms. The fraction of sp³-hybridized carbons (Fsp3) is 0.333. The fourth-order valence-corrected chi connectivity index (χ4v) is 2.54. The second-order valence-corrected chi connectivity index (χ2v) is 5.03. The molecule has 3 N–H and O–H groups in total. The number of benzene rings is 1. The number of hydrogen-bond donors (Lipinski definition) is 3. The van der Waals surface area contributed by atoms with E-state index in [9.17, 15) is 4.79 Å². The lowest BCUT2D eigenvalue weighted by molar-refractivity contribution is 0.0815. The van der Waals surface area contributed by atoms with Gasteiger partial charge in [-0.05, 0) is 18.4 Å². The standard InChI is InChI=1S/C15H18N4O2/c20-15(18-12-9-16-17-10-12)19-14(13-7-4-8-21-13)11-5-2-1-3-6-11/h1-3,5-6,9-10,13-14H,4,7-8H2,(H,16,17)(H2,18,19,20)/t13-,14-/m1/s1. The van der Waals surface area contributed by atoms with E-state index in [1.165, 1.54) is 0 Å². The van der Waals surface area contributed by atoms with Crippen molar-refractivity contribution in [1.82, 2.24) is 15.5 Å². The van der Waals surface area contributed by atoms with E-state index in [1.54, 1.807) is 12.4 Å². The molecule has 110 valence electrons. The Balaban J connectivity index is 1.71. The first-order valence-corrected chi connectivity index (χ1v) is 7.06. The number of nitrogens with zero attached hydrogens (tertiary/aromatic N) is 1. The van der Waals surface area contributed by atoms with E-state index in [1.807, 2.05) is 30.3 Å². The fourth-order valence-electron chi connectivity index (χ4n) is 2.54. The van der Waals surface area contributed by atoms with Crippen molar-refractivity contribution in [3.05, 3.63) is 48.3 Å². The monoisotopic (exact) mass is 286 g/mol. The number of urea groups is 1. The molecule has 0 unspecified atom stereocenters. The minimum atomic E-state index is -0.263. The van der Waals surface area contributed by atoms with Gasteiger partial charge in [-0.15, -0.1) is 0 Å². The number of carbonyl (C=O) groups is 1. The quantitative estimate of drug-likeness (QED) is 0.807. The number of aromatic amines is 1. The van der Waals surface area contributed by atoms with E-state index in [2.05, 4.69) is 20.8 Å². The number of aromatic nitrogens is 2. The van der Waals surface area contributed by atoms with Gasteiger partial charge >= 0.3 is 6.03 Å². The zero-order valence-corrected chi connectivity index (χ0v) is 11.6. The molecule has 2 atom stereocenters. The van der Waals surface area contributed by atoms with Gasteiger partial charge in [0.2, 0.25) is 0 Å². The summed E-state index contributed by atoms with van der Waals surface area (Å²) in [6, 6.07) is 9.48. The summed E-state index contributed by atoms with van der Waals surface area (Å²) >= 11 is 0. The van der Waals surface area contributed by atoms with E-state index >= 15 is 0 Å². The van der Waals surface area contributed by atoms with E-state index in [0.29, 0.717) is 5.69 Å². The first kappa shape index (κ1) is 13.6. The van der Waals surface area contributed by atoms with Crippen LogP contribution in [0, 0.1) is 0 Å². The third-order valence-corrected chi connectivity index (χ3v) is 3.54. The molecular formula is C15H18N4O2. The second kappa shape index (κ2) is 6.41. The lowest BCUT2D eigenvalue weighted by Crippen LogP contribution is -2.38. The SMILES string of the molecule is O=C(Nc1cn[nH]c1)N[C@H](c1ccccc1)[C@H]1CCCO1. The van der Waals surface area contributed by atoms with Gasteiger partial charge in [-0.1, -0.05) is 30.3 Å². The van der Waals surface area contributed by atoms with Crippen LogP contribution in [0.1, 0.15) is 24.4 Å². The van der Waals surface area contributed by atoms with Crippen LogP contribution >= 0.6 is 0 Å². The van der Waals surface area contributed by atoms with E-state index < -0.39 is 0 Å². The molecule has 0 saturated carbocycles. The van der Waals surface area contributed by atoms with Crippen LogP contribution in [0.3, 0.4) is 0 Å². The zero-order chi connectivity index (χ0) is 14.5. The normalized spacial score (nSPS) is 19.1. The van der Waals surface area contributed by atoms with Crippen LogP contribution in [0.25, 0.3) is 0 Å². The molecule has 2 amide bonds. The van der Waals surface area contributed by atoms with Gasteiger partial charge < -0.3 is 15.4 Å². The van der Waals surface area contributed by atoms with Gasteiger partial charge in [0.15, 0.2) is 0 Å². The molecule has 6 heteroatoms. The smallest absolute Gasteiger partial charge is 0.319 e. The lowest BCUT2D eigenvalue weighted by Gasteiger charge is -2.24. The predicted molar refractivity (Wildman–Crippen MR) is 78.9 cm³/mol. The van der Waals surface area contributed by atoms with Crippen molar-refractivity contribution in [1.29, 1.82) is 0 Å². The molecule has 6 nitrogen and oxygen atoms in total. The minimum absolute atomic E-state index is 0.0162. The number of H-pyrrole nitrogens is 1. The van der Waals surface area contributed by atoms with E-state index in [0.717, 1.165) is 25.0 Å². The van der Waals surface area contributed by atoms with Crippen molar-refractivity contribution in [3.63, 3.8) is 0 Å². The molecular weight excluding hydrogens is 268 g/mol. The summed E-state index contributed by atoms with van der Waals surface area (Å²) < 4.78 is 5.74. The summed E-state index contributed by atoms with van der Waals surface area (Å²) in [7, 11) is 0. The van der Waals surface area contributed by atoms with Crippen molar-refractivity contribution >= 4 is 11.7 Å². The molecule has 1 aliphatic rings. The van der Waals surface area contributed by atoms with Crippen LogP contribution in [-0.2, 0) is 4.74 Å². The first-order chi connectivity index (χ1) is 10.3. The minimum Gasteiger partial charge on any atom is -0.376 e. The van der Waals surface area contributed by atoms with Gasteiger partial charge in [-0.2, -0.15) is 5.10 Å². The highest BCUT2D eigenvalue weighted by Gasteiger charge is 2.28.